The predicted molar refractivity (Wildman–Crippen MR) is 81.4 cm³/mol. The molecule has 19 heavy (non-hydrogen) atoms. The molecule has 2 N–H and O–H groups in total. The molecule has 4 heteroatoms. The third kappa shape index (κ3) is 5.38. The highest BCUT2D eigenvalue weighted by molar-refractivity contribution is 6.74. The Kier molecular flexibility index (Phi) is 5.80. The largest absolute Gasteiger partial charge is 0.413 e. The van der Waals surface area contributed by atoms with Crippen LogP contribution in [0.3, 0.4) is 0 Å². The molecule has 0 aromatic rings. The van der Waals surface area contributed by atoms with Gasteiger partial charge < -0.3 is 14.6 Å². The van der Waals surface area contributed by atoms with Crippen LogP contribution < -0.4 is 0 Å². The molecule has 112 valence electrons. The minimum absolute atomic E-state index is 0.239. The molecule has 0 fully saturated rings. The molecule has 0 radical (unpaired) electrons. The summed E-state index contributed by atoms with van der Waals surface area (Å²) in [6.45, 7) is 12.0. The first kappa shape index (κ1) is 16.9. The Morgan fingerprint density at radius 3 is 2.53 bits per heavy atom. The first-order chi connectivity index (χ1) is 8.62. The molecule has 1 rings (SSSR count). The van der Waals surface area contributed by atoms with E-state index >= 15 is 0 Å². The van der Waals surface area contributed by atoms with Crippen molar-refractivity contribution in [2.45, 2.75) is 70.9 Å². The zero-order valence-corrected chi connectivity index (χ0v) is 14.1. The summed E-state index contributed by atoms with van der Waals surface area (Å²) in [5.41, 5.74) is 1.33. The van der Waals surface area contributed by atoms with Crippen molar-refractivity contribution in [2.75, 3.05) is 6.61 Å². The zero-order valence-electron chi connectivity index (χ0n) is 13.1. The fraction of sp³-hybridized carbons (Fsp3) is 0.867. The first-order valence-corrected chi connectivity index (χ1v) is 10.2. The molecule has 1 unspecified atom stereocenters. The lowest BCUT2D eigenvalue weighted by molar-refractivity contribution is -0.0569. The standard InChI is InChI=1S/C15H30O3Si/c1-15(2,3)19(4,5)18-11-13-8-6-7-12(9-13)10-14(16)17/h8,12,14,16-17H,6-7,9-11H2,1-5H3. The van der Waals surface area contributed by atoms with Gasteiger partial charge in [0.1, 0.15) is 0 Å². The molecule has 0 heterocycles. The van der Waals surface area contributed by atoms with Crippen molar-refractivity contribution < 1.29 is 14.6 Å². The number of rotatable bonds is 5. The van der Waals surface area contributed by atoms with Gasteiger partial charge in [-0.25, -0.2) is 0 Å². The number of aliphatic hydroxyl groups is 2. The molecule has 0 bridgehead atoms. The molecule has 0 amide bonds. The third-order valence-electron chi connectivity index (χ3n) is 4.53. The van der Waals surface area contributed by atoms with Crippen molar-refractivity contribution in [3.05, 3.63) is 11.6 Å². The third-order valence-corrected chi connectivity index (χ3v) is 9.01. The highest BCUT2D eigenvalue weighted by atomic mass is 28.4. The van der Waals surface area contributed by atoms with Gasteiger partial charge in [0, 0.05) is 6.42 Å². The number of allylic oxidation sites excluding steroid dienone is 1. The summed E-state index contributed by atoms with van der Waals surface area (Å²) in [4.78, 5) is 0. The molecule has 0 saturated heterocycles. The van der Waals surface area contributed by atoms with Crippen molar-refractivity contribution in [1.29, 1.82) is 0 Å². The summed E-state index contributed by atoms with van der Waals surface area (Å²) >= 11 is 0. The highest BCUT2D eigenvalue weighted by Crippen LogP contribution is 2.37. The summed E-state index contributed by atoms with van der Waals surface area (Å²) < 4.78 is 6.23. The Morgan fingerprint density at radius 1 is 1.37 bits per heavy atom. The van der Waals surface area contributed by atoms with Crippen LogP contribution in [0.2, 0.25) is 18.1 Å². The second-order valence-corrected chi connectivity index (χ2v) is 12.1. The number of hydrogen-bond donors (Lipinski definition) is 2. The predicted octanol–water partition coefficient (Wildman–Crippen LogP) is 3.44. The fourth-order valence-electron chi connectivity index (χ4n) is 2.19. The minimum atomic E-state index is -1.68. The lowest BCUT2D eigenvalue weighted by atomic mass is 9.87. The van der Waals surface area contributed by atoms with Crippen LogP contribution in [-0.4, -0.2) is 31.4 Å². The van der Waals surface area contributed by atoms with Gasteiger partial charge in [-0.15, -0.1) is 0 Å². The average Bonchev–Trinajstić information content (AvgIpc) is 2.24. The van der Waals surface area contributed by atoms with Gasteiger partial charge >= 0.3 is 0 Å². The van der Waals surface area contributed by atoms with Crippen molar-refractivity contribution in [1.82, 2.24) is 0 Å². The lowest BCUT2D eigenvalue weighted by Crippen LogP contribution is -2.41. The highest BCUT2D eigenvalue weighted by Gasteiger charge is 2.37. The maximum absolute atomic E-state index is 9.07. The van der Waals surface area contributed by atoms with E-state index in [9.17, 15) is 0 Å². The monoisotopic (exact) mass is 286 g/mol. The molecular weight excluding hydrogens is 256 g/mol. The first-order valence-electron chi connectivity index (χ1n) is 7.30. The van der Waals surface area contributed by atoms with E-state index in [-0.39, 0.29) is 5.04 Å². The van der Waals surface area contributed by atoms with Crippen LogP contribution in [0.25, 0.3) is 0 Å². The van der Waals surface area contributed by atoms with Crippen LogP contribution in [0.5, 0.6) is 0 Å². The molecular formula is C15H30O3Si. The fourth-order valence-corrected chi connectivity index (χ4v) is 3.17. The molecule has 1 aliphatic carbocycles. The van der Waals surface area contributed by atoms with Gasteiger partial charge in [0.2, 0.25) is 0 Å². The Balaban J connectivity index is 2.48. The van der Waals surface area contributed by atoms with Crippen LogP contribution in [0.1, 0.15) is 46.5 Å². The van der Waals surface area contributed by atoms with Gasteiger partial charge in [-0.2, -0.15) is 0 Å². The van der Waals surface area contributed by atoms with Gasteiger partial charge in [-0.05, 0) is 48.9 Å². The molecule has 0 aromatic heterocycles. The second kappa shape index (κ2) is 6.53. The molecule has 1 aliphatic rings. The second-order valence-electron chi connectivity index (χ2n) is 7.28. The summed E-state index contributed by atoms with van der Waals surface area (Å²) in [5, 5.41) is 18.4. The Bertz CT molecular complexity index is 316. The Labute approximate surface area is 118 Å². The van der Waals surface area contributed by atoms with E-state index in [1.807, 2.05) is 0 Å². The van der Waals surface area contributed by atoms with Crippen LogP contribution in [0.15, 0.2) is 11.6 Å². The number of aliphatic hydroxyl groups excluding tert-OH is 1. The van der Waals surface area contributed by atoms with Crippen LogP contribution in [0, 0.1) is 5.92 Å². The molecule has 0 aromatic carbocycles. The Morgan fingerprint density at radius 2 is 2.00 bits per heavy atom. The van der Waals surface area contributed by atoms with E-state index in [1.54, 1.807) is 0 Å². The molecule has 1 atom stereocenters. The number of hydrogen-bond acceptors (Lipinski definition) is 3. The normalized spacial score (nSPS) is 21.7. The van der Waals surface area contributed by atoms with Crippen molar-refractivity contribution in [2.24, 2.45) is 5.92 Å². The smallest absolute Gasteiger partial charge is 0.192 e. The van der Waals surface area contributed by atoms with E-state index < -0.39 is 14.6 Å². The topological polar surface area (TPSA) is 49.7 Å². The van der Waals surface area contributed by atoms with Gasteiger partial charge in [0.25, 0.3) is 0 Å². The maximum atomic E-state index is 9.07. The van der Waals surface area contributed by atoms with Gasteiger partial charge in [-0.3, -0.25) is 0 Å². The zero-order chi connectivity index (χ0) is 14.7. The molecule has 0 aliphatic heterocycles. The van der Waals surface area contributed by atoms with Crippen LogP contribution in [0.4, 0.5) is 0 Å². The van der Waals surface area contributed by atoms with Crippen molar-refractivity contribution >= 4 is 8.32 Å². The SMILES string of the molecule is CC(C)(C)[Si](C)(C)OCC1=CCCC(CC(O)O)C1. The summed E-state index contributed by atoms with van der Waals surface area (Å²) in [6, 6.07) is 0. The van der Waals surface area contributed by atoms with E-state index in [0.29, 0.717) is 18.9 Å². The molecule has 0 spiro atoms. The van der Waals surface area contributed by atoms with Gasteiger partial charge in [0.15, 0.2) is 14.6 Å². The molecule has 0 saturated carbocycles. The summed E-state index contributed by atoms with van der Waals surface area (Å²) in [7, 11) is -1.68. The van der Waals surface area contributed by atoms with E-state index in [2.05, 4.69) is 39.9 Å². The lowest BCUT2D eigenvalue weighted by Gasteiger charge is -2.37. The van der Waals surface area contributed by atoms with Gasteiger partial charge in [0.05, 0.1) is 6.61 Å². The average molecular weight is 286 g/mol. The Hall–Kier alpha value is -0.163. The molecule has 3 nitrogen and oxygen atoms in total. The van der Waals surface area contributed by atoms with E-state index in [0.717, 1.165) is 19.3 Å². The van der Waals surface area contributed by atoms with E-state index in [1.165, 1.54) is 5.57 Å². The van der Waals surface area contributed by atoms with E-state index in [4.69, 9.17) is 14.6 Å². The van der Waals surface area contributed by atoms with Gasteiger partial charge in [-0.1, -0.05) is 26.8 Å². The quantitative estimate of drug-likeness (QED) is 0.462. The van der Waals surface area contributed by atoms with Crippen molar-refractivity contribution in [3.8, 4) is 0 Å². The minimum Gasteiger partial charge on any atom is -0.413 e. The summed E-state index contributed by atoms with van der Waals surface area (Å²) in [5.74, 6) is 0.392. The van der Waals surface area contributed by atoms with Crippen molar-refractivity contribution in [3.63, 3.8) is 0 Å². The summed E-state index contributed by atoms with van der Waals surface area (Å²) in [6.07, 6.45) is 4.62. The van der Waals surface area contributed by atoms with Crippen LogP contribution in [-0.2, 0) is 4.43 Å². The maximum Gasteiger partial charge on any atom is 0.192 e. The van der Waals surface area contributed by atoms with Crippen LogP contribution >= 0.6 is 0 Å².